The van der Waals surface area contributed by atoms with E-state index in [1.165, 1.54) is 0 Å². The number of carbonyl (C=O) groups excluding carboxylic acids is 1. The smallest absolute Gasteiger partial charge is 0.321 e. The van der Waals surface area contributed by atoms with E-state index in [-0.39, 0.29) is 12.6 Å². The highest BCUT2D eigenvalue weighted by atomic mass is 16.4. The molecule has 2 N–H and O–H groups in total. The van der Waals surface area contributed by atoms with Gasteiger partial charge in [-0.2, -0.15) is 0 Å². The molecule has 1 atom stereocenters. The van der Waals surface area contributed by atoms with Crippen molar-refractivity contribution in [3.8, 4) is 11.4 Å². The van der Waals surface area contributed by atoms with E-state index < -0.39 is 11.4 Å². The number of amides is 2. The third-order valence-electron chi connectivity index (χ3n) is 4.47. The van der Waals surface area contributed by atoms with Crippen molar-refractivity contribution in [3.05, 3.63) is 36.7 Å². The van der Waals surface area contributed by atoms with E-state index in [0.29, 0.717) is 18.7 Å². The first-order valence-electron chi connectivity index (χ1n) is 7.76. The first kappa shape index (κ1) is 16.0. The molecular formula is C17H20N4O3. The number of nitrogens with one attached hydrogen (secondary N) is 1. The van der Waals surface area contributed by atoms with Crippen LogP contribution in [0.25, 0.3) is 11.4 Å². The molecule has 2 heterocycles. The lowest BCUT2D eigenvalue weighted by Gasteiger charge is -2.20. The summed E-state index contributed by atoms with van der Waals surface area (Å²) in [5.41, 5.74) is 0.688. The zero-order valence-electron chi connectivity index (χ0n) is 13.7. The summed E-state index contributed by atoms with van der Waals surface area (Å²) in [6.45, 7) is 2.32. The number of urea groups is 1. The summed E-state index contributed by atoms with van der Waals surface area (Å²) in [6, 6.07) is 7.15. The molecule has 1 saturated heterocycles. The standard InChI is InChI=1S/C17H20N4O3/c1-17(15(22)23)6-8-21(11-17)16(24)19-13-5-3-4-12(10-13)14-18-7-9-20(14)2/h3-5,7,9-10H,6,8,11H2,1-2H3,(H,19,24)(H,22,23). The van der Waals surface area contributed by atoms with Gasteiger partial charge in [0, 0.05) is 43.8 Å². The number of imidazole rings is 1. The van der Waals surface area contributed by atoms with Crippen molar-refractivity contribution < 1.29 is 14.7 Å². The van der Waals surface area contributed by atoms with Crippen molar-refractivity contribution >= 4 is 17.7 Å². The van der Waals surface area contributed by atoms with Gasteiger partial charge in [-0.15, -0.1) is 0 Å². The molecule has 1 aromatic heterocycles. The highest BCUT2D eigenvalue weighted by Gasteiger charge is 2.42. The highest BCUT2D eigenvalue weighted by Crippen LogP contribution is 2.30. The Balaban J connectivity index is 1.72. The normalized spacial score (nSPS) is 20.2. The number of likely N-dealkylation sites (tertiary alicyclic amines) is 1. The molecule has 0 bridgehead atoms. The fourth-order valence-corrected chi connectivity index (χ4v) is 2.89. The molecule has 2 aromatic rings. The van der Waals surface area contributed by atoms with E-state index in [0.717, 1.165) is 11.4 Å². The van der Waals surface area contributed by atoms with Gasteiger partial charge in [-0.3, -0.25) is 4.79 Å². The van der Waals surface area contributed by atoms with E-state index in [4.69, 9.17) is 0 Å². The zero-order valence-corrected chi connectivity index (χ0v) is 13.7. The largest absolute Gasteiger partial charge is 0.481 e. The average molecular weight is 328 g/mol. The third kappa shape index (κ3) is 2.97. The number of hydrogen-bond acceptors (Lipinski definition) is 3. The monoisotopic (exact) mass is 328 g/mol. The molecule has 2 amide bonds. The van der Waals surface area contributed by atoms with Gasteiger partial charge >= 0.3 is 12.0 Å². The number of aliphatic carboxylic acids is 1. The predicted molar refractivity (Wildman–Crippen MR) is 89.6 cm³/mol. The Labute approximate surface area is 139 Å². The predicted octanol–water partition coefficient (Wildman–Crippen LogP) is 2.42. The SMILES string of the molecule is Cn1ccnc1-c1cccc(NC(=O)N2CCC(C)(C(=O)O)C2)c1. The minimum absolute atomic E-state index is 0.215. The maximum Gasteiger partial charge on any atom is 0.321 e. The van der Waals surface area contributed by atoms with Gasteiger partial charge in [0.05, 0.1) is 5.41 Å². The molecule has 0 saturated carbocycles. The van der Waals surface area contributed by atoms with Crippen LogP contribution in [0.15, 0.2) is 36.7 Å². The lowest BCUT2D eigenvalue weighted by molar-refractivity contribution is -0.146. The molecule has 0 aliphatic carbocycles. The van der Waals surface area contributed by atoms with Crippen LogP contribution in [0.1, 0.15) is 13.3 Å². The quantitative estimate of drug-likeness (QED) is 0.906. The topological polar surface area (TPSA) is 87.5 Å². The van der Waals surface area contributed by atoms with Crippen LogP contribution < -0.4 is 5.32 Å². The van der Waals surface area contributed by atoms with Gasteiger partial charge in [-0.05, 0) is 25.5 Å². The second-order valence-electron chi connectivity index (χ2n) is 6.41. The van der Waals surface area contributed by atoms with Crippen LogP contribution in [0.3, 0.4) is 0 Å². The van der Waals surface area contributed by atoms with Crippen LogP contribution in [0.4, 0.5) is 10.5 Å². The number of anilines is 1. The molecule has 1 aromatic carbocycles. The number of carboxylic acids is 1. The van der Waals surface area contributed by atoms with Crippen LogP contribution in [-0.4, -0.2) is 44.6 Å². The second-order valence-corrected chi connectivity index (χ2v) is 6.41. The maximum atomic E-state index is 12.4. The Morgan fingerprint density at radius 1 is 1.38 bits per heavy atom. The number of rotatable bonds is 3. The maximum absolute atomic E-state index is 12.4. The number of aromatic nitrogens is 2. The number of benzene rings is 1. The van der Waals surface area contributed by atoms with E-state index in [1.54, 1.807) is 24.1 Å². The van der Waals surface area contributed by atoms with Crippen molar-refractivity contribution in [1.29, 1.82) is 0 Å². The molecule has 1 aliphatic rings. The van der Waals surface area contributed by atoms with Crippen LogP contribution in [0, 0.1) is 5.41 Å². The van der Waals surface area contributed by atoms with E-state index in [9.17, 15) is 14.7 Å². The minimum Gasteiger partial charge on any atom is -0.481 e. The Morgan fingerprint density at radius 3 is 2.79 bits per heavy atom. The number of hydrogen-bond donors (Lipinski definition) is 2. The fraction of sp³-hybridized carbons (Fsp3) is 0.353. The average Bonchev–Trinajstić information content (AvgIpc) is 3.14. The molecule has 0 spiro atoms. The van der Waals surface area contributed by atoms with Crippen LogP contribution >= 0.6 is 0 Å². The highest BCUT2D eigenvalue weighted by molar-refractivity contribution is 5.91. The molecule has 7 nitrogen and oxygen atoms in total. The minimum atomic E-state index is -0.869. The lowest BCUT2D eigenvalue weighted by atomic mass is 9.90. The van der Waals surface area contributed by atoms with Crippen LogP contribution in [0.5, 0.6) is 0 Å². The summed E-state index contributed by atoms with van der Waals surface area (Å²) >= 11 is 0. The van der Waals surface area contributed by atoms with Gasteiger partial charge in [0.15, 0.2) is 0 Å². The van der Waals surface area contributed by atoms with Crippen molar-refractivity contribution in [2.24, 2.45) is 12.5 Å². The lowest BCUT2D eigenvalue weighted by Crippen LogP contribution is -2.37. The van der Waals surface area contributed by atoms with E-state index >= 15 is 0 Å². The Morgan fingerprint density at radius 2 is 2.17 bits per heavy atom. The Hall–Kier alpha value is -2.83. The van der Waals surface area contributed by atoms with E-state index in [1.807, 2.05) is 36.0 Å². The molecule has 24 heavy (non-hydrogen) atoms. The molecule has 7 heteroatoms. The first-order chi connectivity index (χ1) is 11.4. The van der Waals surface area contributed by atoms with Gasteiger partial charge in [0.2, 0.25) is 0 Å². The first-order valence-corrected chi connectivity index (χ1v) is 7.76. The second kappa shape index (κ2) is 5.99. The van der Waals surface area contributed by atoms with Gasteiger partial charge in [-0.1, -0.05) is 12.1 Å². The van der Waals surface area contributed by atoms with E-state index in [2.05, 4.69) is 10.3 Å². The number of nitrogens with zero attached hydrogens (tertiary/aromatic N) is 3. The summed E-state index contributed by atoms with van der Waals surface area (Å²) in [5.74, 6) is -0.0553. The number of aryl methyl sites for hydroxylation is 1. The number of carboxylic acid groups (broad SMARTS) is 1. The third-order valence-corrected chi connectivity index (χ3v) is 4.47. The zero-order chi connectivity index (χ0) is 17.3. The molecule has 126 valence electrons. The summed E-state index contributed by atoms with van der Waals surface area (Å²) < 4.78 is 1.90. The van der Waals surface area contributed by atoms with Gasteiger partial charge in [0.25, 0.3) is 0 Å². The van der Waals surface area contributed by atoms with Gasteiger partial charge < -0.3 is 19.9 Å². The van der Waals surface area contributed by atoms with Crippen LogP contribution in [-0.2, 0) is 11.8 Å². The summed E-state index contributed by atoms with van der Waals surface area (Å²) in [5, 5.41) is 12.1. The molecular weight excluding hydrogens is 308 g/mol. The van der Waals surface area contributed by atoms with Crippen molar-refractivity contribution in [2.75, 3.05) is 18.4 Å². The van der Waals surface area contributed by atoms with Crippen molar-refractivity contribution in [2.45, 2.75) is 13.3 Å². The summed E-state index contributed by atoms with van der Waals surface area (Å²) in [4.78, 5) is 29.5. The molecule has 3 rings (SSSR count). The fourth-order valence-electron chi connectivity index (χ4n) is 2.89. The summed E-state index contributed by atoms with van der Waals surface area (Å²) in [6.07, 6.45) is 4.04. The van der Waals surface area contributed by atoms with Crippen LogP contribution in [0.2, 0.25) is 0 Å². The van der Waals surface area contributed by atoms with Gasteiger partial charge in [-0.25, -0.2) is 9.78 Å². The molecule has 1 unspecified atom stereocenters. The van der Waals surface area contributed by atoms with Gasteiger partial charge in [0.1, 0.15) is 5.82 Å². The molecule has 0 radical (unpaired) electrons. The van der Waals surface area contributed by atoms with Crippen molar-refractivity contribution in [1.82, 2.24) is 14.5 Å². The Bertz CT molecular complexity index is 786. The van der Waals surface area contributed by atoms with Crippen molar-refractivity contribution in [3.63, 3.8) is 0 Å². The molecule has 1 aliphatic heterocycles. The Kier molecular flexibility index (Phi) is 4.01. The number of carbonyl (C=O) groups is 2. The molecule has 1 fully saturated rings. The summed E-state index contributed by atoms with van der Waals surface area (Å²) in [7, 11) is 1.91.